The Labute approximate surface area is 148 Å². The van der Waals surface area contributed by atoms with Crippen LogP contribution in [0, 0.1) is 11.6 Å². The van der Waals surface area contributed by atoms with E-state index in [2.05, 4.69) is 5.32 Å². The number of nitrogens with one attached hydrogen (secondary N) is 1. The molecule has 0 fully saturated rings. The number of hydrogen-bond donors (Lipinski definition) is 2. The van der Waals surface area contributed by atoms with Gasteiger partial charge in [0, 0.05) is 11.6 Å². The van der Waals surface area contributed by atoms with Crippen LogP contribution in [0.3, 0.4) is 0 Å². The molecule has 0 aliphatic heterocycles. The summed E-state index contributed by atoms with van der Waals surface area (Å²) in [6.45, 7) is 1.37. The van der Waals surface area contributed by atoms with E-state index in [9.17, 15) is 18.4 Å². The van der Waals surface area contributed by atoms with Gasteiger partial charge in [0.25, 0.3) is 5.91 Å². The van der Waals surface area contributed by atoms with E-state index in [1.165, 1.54) is 18.2 Å². The zero-order valence-electron chi connectivity index (χ0n) is 14.0. The zero-order chi connectivity index (χ0) is 19.1. The van der Waals surface area contributed by atoms with Gasteiger partial charge in [0.05, 0.1) is 6.04 Å². The van der Waals surface area contributed by atoms with Crippen LogP contribution in [0.4, 0.5) is 8.78 Å². The maximum absolute atomic E-state index is 13.5. The number of halogens is 2. The number of carbonyl (C=O) groups excluding carboxylic acids is 2. The van der Waals surface area contributed by atoms with Crippen LogP contribution in [0.25, 0.3) is 0 Å². The normalized spacial score (nSPS) is 11.5. The Balaban J connectivity index is 1.78. The Morgan fingerprint density at radius 3 is 2.62 bits per heavy atom. The highest BCUT2D eigenvalue weighted by molar-refractivity contribution is 5.93. The van der Waals surface area contributed by atoms with Gasteiger partial charge in [0.2, 0.25) is 5.91 Å². The summed E-state index contributed by atoms with van der Waals surface area (Å²) in [6.07, 6.45) is 0. The third-order valence-electron chi connectivity index (χ3n) is 3.28. The SMILES string of the molecule is CC(COc1ccc(F)cc1F)NC(=O)COc1cccc(C(N)=O)c1. The molecule has 0 aliphatic rings. The van der Waals surface area contributed by atoms with E-state index in [1.54, 1.807) is 19.1 Å². The van der Waals surface area contributed by atoms with E-state index in [4.69, 9.17) is 15.2 Å². The molecule has 0 spiro atoms. The average Bonchev–Trinajstić information content (AvgIpc) is 2.59. The van der Waals surface area contributed by atoms with E-state index in [0.29, 0.717) is 11.8 Å². The van der Waals surface area contributed by atoms with E-state index >= 15 is 0 Å². The summed E-state index contributed by atoms with van der Waals surface area (Å²) in [5, 5.41) is 2.61. The molecule has 6 nitrogen and oxygen atoms in total. The number of rotatable bonds is 8. The highest BCUT2D eigenvalue weighted by atomic mass is 19.1. The first kappa shape index (κ1) is 19.2. The van der Waals surface area contributed by atoms with Gasteiger partial charge >= 0.3 is 0 Å². The molecule has 26 heavy (non-hydrogen) atoms. The number of benzene rings is 2. The second kappa shape index (κ2) is 8.80. The maximum Gasteiger partial charge on any atom is 0.258 e. The molecule has 2 aromatic rings. The topological polar surface area (TPSA) is 90.7 Å². The van der Waals surface area contributed by atoms with Crippen molar-refractivity contribution in [3.05, 3.63) is 59.7 Å². The van der Waals surface area contributed by atoms with Gasteiger partial charge in [-0.05, 0) is 37.3 Å². The lowest BCUT2D eigenvalue weighted by Crippen LogP contribution is -2.39. The summed E-state index contributed by atoms with van der Waals surface area (Å²) >= 11 is 0. The van der Waals surface area contributed by atoms with Gasteiger partial charge in [0.15, 0.2) is 18.2 Å². The third-order valence-corrected chi connectivity index (χ3v) is 3.28. The van der Waals surface area contributed by atoms with Gasteiger partial charge in [-0.3, -0.25) is 9.59 Å². The fourth-order valence-electron chi connectivity index (χ4n) is 2.05. The Morgan fingerprint density at radius 2 is 1.92 bits per heavy atom. The Kier molecular flexibility index (Phi) is 6.48. The van der Waals surface area contributed by atoms with Crippen LogP contribution in [-0.2, 0) is 4.79 Å². The monoisotopic (exact) mass is 364 g/mol. The molecule has 3 N–H and O–H groups in total. The molecule has 0 saturated heterocycles. The first-order chi connectivity index (χ1) is 12.3. The smallest absolute Gasteiger partial charge is 0.258 e. The zero-order valence-corrected chi connectivity index (χ0v) is 14.0. The van der Waals surface area contributed by atoms with Crippen molar-refractivity contribution in [2.45, 2.75) is 13.0 Å². The second-order valence-corrected chi connectivity index (χ2v) is 5.54. The molecule has 0 aromatic heterocycles. The van der Waals surface area contributed by atoms with Gasteiger partial charge in [0.1, 0.15) is 18.2 Å². The number of primary amides is 1. The molecule has 8 heteroatoms. The molecule has 1 atom stereocenters. The molecule has 0 heterocycles. The van der Waals surface area contributed by atoms with E-state index < -0.39 is 29.5 Å². The van der Waals surface area contributed by atoms with Gasteiger partial charge in [-0.2, -0.15) is 0 Å². The number of nitrogens with two attached hydrogens (primary N) is 1. The second-order valence-electron chi connectivity index (χ2n) is 5.54. The van der Waals surface area contributed by atoms with Gasteiger partial charge in [-0.15, -0.1) is 0 Å². The van der Waals surface area contributed by atoms with Crippen molar-refractivity contribution in [1.29, 1.82) is 0 Å². The summed E-state index contributed by atoms with van der Waals surface area (Å²) < 4.78 is 36.8. The van der Waals surface area contributed by atoms with Crippen molar-refractivity contribution in [3.8, 4) is 11.5 Å². The predicted octanol–water partition coefficient (Wildman–Crippen LogP) is 2.03. The lowest BCUT2D eigenvalue weighted by atomic mass is 10.2. The van der Waals surface area contributed by atoms with Crippen molar-refractivity contribution < 1.29 is 27.8 Å². The highest BCUT2D eigenvalue weighted by Crippen LogP contribution is 2.17. The minimum atomic E-state index is -0.818. The van der Waals surface area contributed by atoms with Crippen LogP contribution in [0.15, 0.2) is 42.5 Å². The summed E-state index contributed by atoms with van der Waals surface area (Å²) in [4.78, 5) is 23.0. The van der Waals surface area contributed by atoms with Crippen molar-refractivity contribution >= 4 is 11.8 Å². The van der Waals surface area contributed by atoms with Crippen LogP contribution >= 0.6 is 0 Å². The molecular weight excluding hydrogens is 346 g/mol. The molecule has 0 radical (unpaired) electrons. The standard InChI is InChI=1S/C18H18F2N2O4/c1-11(9-26-16-6-5-13(19)8-15(16)20)22-17(23)10-25-14-4-2-3-12(7-14)18(21)24/h2-8,11H,9-10H2,1H3,(H2,21,24)(H,22,23). The summed E-state index contributed by atoms with van der Waals surface area (Å²) in [5.41, 5.74) is 5.44. The first-order valence-corrected chi connectivity index (χ1v) is 7.75. The molecule has 138 valence electrons. The molecule has 2 rings (SSSR count). The third kappa shape index (κ3) is 5.73. The lowest BCUT2D eigenvalue weighted by molar-refractivity contribution is -0.123. The van der Waals surface area contributed by atoms with E-state index in [-0.39, 0.29) is 24.5 Å². The fraction of sp³-hybridized carbons (Fsp3) is 0.222. The van der Waals surface area contributed by atoms with Crippen LogP contribution in [-0.4, -0.2) is 31.1 Å². The number of ether oxygens (including phenoxy) is 2. The lowest BCUT2D eigenvalue weighted by Gasteiger charge is -2.15. The largest absolute Gasteiger partial charge is 0.488 e. The molecule has 2 aromatic carbocycles. The summed E-state index contributed by atoms with van der Waals surface area (Å²) in [5.74, 6) is -2.32. The number of carbonyl (C=O) groups is 2. The highest BCUT2D eigenvalue weighted by Gasteiger charge is 2.11. The number of amides is 2. The Morgan fingerprint density at radius 1 is 1.15 bits per heavy atom. The Hall–Kier alpha value is -3.16. The van der Waals surface area contributed by atoms with E-state index in [0.717, 1.165) is 6.07 Å². The molecule has 0 aliphatic carbocycles. The van der Waals surface area contributed by atoms with Crippen molar-refractivity contribution in [1.82, 2.24) is 5.32 Å². The summed E-state index contributed by atoms with van der Waals surface area (Å²) in [6, 6.07) is 8.66. The quantitative estimate of drug-likeness (QED) is 0.750. The van der Waals surface area contributed by atoms with Crippen molar-refractivity contribution in [3.63, 3.8) is 0 Å². The molecule has 1 unspecified atom stereocenters. The molecule has 2 amide bonds. The van der Waals surface area contributed by atoms with Crippen LogP contribution in [0.1, 0.15) is 17.3 Å². The van der Waals surface area contributed by atoms with Crippen LogP contribution < -0.4 is 20.5 Å². The predicted molar refractivity (Wildman–Crippen MR) is 89.9 cm³/mol. The fourth-order valence-corrected chi connectivity index (χ4v) is 2.05. The Bertz CT molecular complexity index is 799. The first-order valence-electron chi connectivity index (χ1n) is 7.75. The van der Waals surface area contributed by atoms with Crippen molar-refractivity contribution in [2.24, 2.45) is 5.73 Å². The minimum Gasteiger partial charge on any atom is -0.488 e. The average molecular weight is 364 g/mol. The van der Waals surface area contributed by atoms with Gasteiger partial charge < -0.3 is 20.5 Å². The summed E-state index contributed by atoms with van der Waals surface area (Å²) in [7, 11) is 0. The van der Waals surface area contributed by atoms with Crippen LogP contribution in [0.2, 0.25) is 0 Å². The van der Waals surface area contributed by atoms with Gasteiger partial charge in [-0.25, -0.2) is 8.78 Å². The number of hydrogen-bond acceptors (Lipinski definition) is 4. The molecule has 0 saturated carbocycles. The van der Waals surface area contributed by atoms with Gasteiger partial charge in [-0.1, -0.05) is 6.07 Å². The molecular formula is C18H18F2N2O4. The van der Waals surface area contributed by atoms with Crippen LogP contribution in [0.5, 0.6) is 11.5 Å². The van der Waals surface area contributed by atoms with E-state index in [1.807, 2.05) is 0 Å². The molecule has 0 bridgehead atoms. The minimum absolute atomic E-state index is 0.00848. The maximum atomic E-state index is 13.5. The van der Waals surface area contributed by atoms with Crippen molar-refractivity contribution in [2.75, 3.05) is 13.2 Å².